The van der Waals surface area contributed by atoms with Crippen LogP contribution < -0.4 is 5.32 Å². The average Bonchev–Trinajstić information content (AvgIpc) is 2.46. The molecule has 0 radical (unpaired) electrons. The highest BCUT2D eigenvalue weighted by atomic mass is 16.6. The summed E-state index contributed by atoms with van der Waals surface area (Å²) in [6.07, 6.45) is 0.383. The van der Waals surface area contributed by atoms with Gasteiger partial charge in [-0.25, -0.2) is 0 Å². The SMILES string of the molecule is CNC(=O)CCOCCOCCOCCOCC[N+](C)(C)C. The number of rotatable bonds is 15. The summed E-state index contributed by atoms with van der Waals surface area (Å²) in [6.45, 7) is 5.45. The zero-order valence-corrected chi connectivity index (χ0v) is 14.6. The van der Waals surface area contributed by atoms with Crippen LogP contribution in [0.5, 0.6) is 0 Å². The zero-order valence-electron chi connectivity index (χ0n) is 14.6. The summed E-state index contributed by atoms with van der Waals surface area (Å²) in [5.41, 5.74) is 0. The van der Waals surface area contributed by atoms with Crippen molar-refractivity contribution in [2.45, 2.75) is 6.42 Å². The van der Waals surface area contributed by atoms with E-state index >= 15 is 0 Å². The van der Waals surface area contributed by atoms with Gasteiger partial charge in [0.2, 0.25) is 5.91 Å². The van der Waals surface area contributed by atoms with E-state index in [0.717, 1.165) is 17.6 Å². The minimum atomic E-state index is -0.0158. The van der Waals surface area contributed by atoms with Crippen molar-refractivity contribution < 1.29 is 28.2 Å². The highest BCUT2D eigenvalue weighted by molar-refractivity contribution is 5.75. The van der Waals surface area contributed by atoms with Crippen molar-refractivity contribution >= 4 is 5.91 Å². The third-order valence-corrected chi connectivity index (χ3v) is 2.77. The molecule has 0 atom stereocenters. The smallest absolute Gasteiger partial charge is 0.222 e. The Bertz CT molecular complexity index is 269. The summed E-state index contributed by atoms with van der Waals surface area (Å²) < 4.78 is 22.4. The normalized spacial score (nSPS) is 11.6. The molecule has 0 saturated heterocycles. The highest BCUT2D eigenvalue weighted by Crippen LogP contribution is 1.89. The molecule has 0 rings (SSSR count). The van der Waals surface area contributed by atoms with E-state index < -0.39 is 0 Å². The second kappa shape index (κ2) is 13.9. The van der Waals surface area contributed by atoms with Gasteiger partial charge in [-0.2, -0.15) is 0 Å². The van der Waals surface area contributed by atoms with E-state index in [0.29, 0.717) is 52.7 Å². The maximum Gasteiger partial charge on any atom is 0.222 e. The van der Waals surface area contributed by atoms with Gasteiger partial charge in [-0.1, -0.05) is 0 Å². The van der Waals surface area contributed by atoms with Gasteiger partial charge in [-0.15, -0.1) is 0 Å². The first-order valence-electron chi connectivity index (χ1n) is 7.77. The Hall–Kier alpha value is -0.730. The van der Waals surface area contributed by atoms with Gasteiger partial charge in [0.1, 0.15) is 6.54 Å². The van der Waals surface area contributed by atoms with Gasteiger partial charge >= 0.3 is 0 Å². The third-order valence-electron chi connectivity index (χ3n) is 2.77. The van der Waals surface area contributed by atoms with Crippen molar-refractivity contribution in [3.8, 4) is 0 Å². The molecular formula is C15H33N2O5+. The quantitative estimate of drug-likeness (QED) is 0.337. The number of quaternary nitrogens is 1. The van der Waals surface area contributed by atoms with Gasteiger partial charge in [0.25, 0.3) is 0 Å². The molecule has 0 unspecified atom stereocenters. The molecule has 0 spiro atoms. The molecule has 22 heavy (non-hydrogen) atoms. The number of hydrogen-bond donors (Lipinski definition) is 1. The molecule has 0 aromatic rings. The van der Waals surface area contributed by atoms with E-state index in [1.165, 1.54) is 0 Å². The van der Waals surface area contributed by atoms with Crippen LogP contribution in [0.2, 0.25) is 0 Å². The van der Waals surface area contributed by atoms with E-state index in [4.69, 9.17) is 18.9 Å². The Morgan fingerprint density at radius 1 is 0.773 bits per heavy atom. The summed E-state index contributed by atoms with van der Waals surface area (Å²) in [4.78, 5) is 10.9. The molecule has 0 aliphatic heterocycles. The standard InChI is InChI=1S/C15H32N2O5/c1-16-15(18)5-7-19-9-11-21-13-14-22-12-10-20-8-6-17(2,3)4/h5-14H2,1-4H3/p+1. The van der Waals surface area contributed by atoms with Crippen molar-refractivity contribution in [3.05, 3.63) is 0 Å². The molecule has 7 nitrogen and oxygen atoms in total. The summed E-state index contributed by atoms with van der Waals surface area (Å²) in [5, 5.41) is 2.54. The van der Waals surface area contributed by atoms with E-state index in [1.54, 1.807) is 7.05 Å². The molecule has 0 aromatic carbocycles. The van der Waals surface area contributed by atoms with E-state index in [1.807, 2.05) is 0 Å². The molecule has 0 aromatic heterocycles. The number of ether oxygens (including phenoxy) is 4. The molecule has 1 N–H and O–H groups in total. The summed E-state index contributed by atoms with van der Waals surface area (Å²) in [6, 6.07) is 0. The zero-order chi connectivity index (χ0) is 16.7. The van der Waals surface area contributed by atoms with E-state index in [-0.39, 0.29) is 5.91 Å². The van der Waals surface area contributed by atoms with Crippen LogP contribution in [0.4, 0.5) is 0 Å². The van der Waals surface area contributed by atoms with E-state index in [9.17, 15) is 4.79 Å². The Morgan fingerprint density at radius 2 is 1.18 bits per heavy atom. The molecule has 1 amide bonds. The summed E-state index contributed by atoms with van der Waals surface area (Å²) in [5.74, 6) is -0.0158. The monoisotopic (exact) mass is 321 g/mol. The number of amides is 1. The van der Waals surface area contributed by atoms with Gasteiger partial charge in [0.15, 0.2) is 0 Å². The van der Waals surface area contributed by atoms with Crippen molar-refractivity contribution in [3.63, 3.8) is 0 Å². The Morgan fingerprint density at radius 3 is 1.59 bits per heavy atom. The number of likely N-dealkylation sites (N-methyl/N-ethyl adjacent to an activating group) is 1. The fraction of sp³-hybridized carbons (Fsp3) is 0.933. The molecule has 0 bridgehead atoms. The lowest BCUT2D eigenvalue weighted by Crippen LogP contribution is -2.37. The predicted molar refractivity (Wildman–Crippen MR) is 84.9 cm³/mol. The van der Waals surface area contributed by atoms with Crippen LogP contribution in [0.15, 0.2) is 0 Å². The van der Waals surface area contributed by atoms with E-state index in [2.05, 4.69) is 26.5 Å². The lowest BCUT2D eigenvalue weighted by atomic mass is 10.4. The molecule has 0 fully saturated rings. The minimum Gasteiger partial charge on any atom is -0.379 e. The van der Waals surface area contributed by atoms with Gasteiger partial charge in [-0.3, -0.25) is 4.79 Å². The number of hydrogen-bond acceptors (Lipinski definition) is 5. The molecule has 0 saturated carbocycles. The molecule has 0 aliphatic carbocycles. The Kier molecular flexibility index (Phi) is 13.4. The van der Waals surface area contributed by atoms with Crippen molar-refractivity contribution in [2.75, 3.05) is 87.6 Å². The Labute approximate surface area is 134 Å². The average molecular weight is 321 g/mol. The number of carbonyl (C=O) groups is 1. The largest absolute Gasteiger partial charge is 0.379 e. The molecule has 7 heteroatoms. The highest BCUT2D eigenvalue weighted by Gasteiger charge is 2.05. The van der Waals surface area contributed by atoms with Crippen LogP contribution in [0.3, 0.4) is 0 Å². The first-order valence-corrected chi connectivity index (χ1v) is 7.77. The molecule has 0 heterocycles. The van der Waals surface area contributed by atoms with Crippen molar-refractivity contribution in [1.29, 1.82) is 0 Å². The maximum absolute atomic E-state index is 10.9. The second-order valence-electron chi connectivity index (χ2n) is 5.89. The fourth-order valence-electron chi connectivity index (χ4n) is 1.39. The topological polar surface area (TPSA) is 66.0 Å². The van der Waals surface area contributed by atoms with Crippen LogP contribution in [-0.4, -0.2) is 98.0 Å². The fourth-order valence-corrected chi connectivity index (χ4v) is 1.39. The lowest BCUT2D eigenvalue weighted by molar-refractivity contribution is -0.870. The van der Waals surface area contributed by atoms with Gasteiger partial charge in [0, 0.05) is 13.5 Å². The molecular weight excluding hydrogens is 288 g/mol. The number of nitrogens with one attached hydrogen (secondary N) is 1. The Balaban J connectivity index is 3.07. The van der Waals surface area contributed by atoms with Gasteiger partial charge in [0.05, 0.1) is 74.0 Å². The van der Waals surface area contributed by atoms with Crippen LogP contribution in [0.1, 0.15) is 6.42 Å². The van der Waals surface area contributed by atoms with Crippen molar-refractivity contribution in [2.24, 2.45) is 0 Å². The second-order valence-corrected chi connectivity index (χ2v) is 5.89. The summed E-state index contributed by atoms with van der Waals surface area (Å²) >= 11 is 0. The molecule has 0 aliphatic rings. The lowest BCUT2D eigenvalue weighted by Gasteiger charge is -2.23. The maximum atomic E-state index is 10.9. The number of nitrogens with zero attached hydrogens (tertiary/aromatic N) is 1. The third kappa shape index (κ3) is 17.3. The minimum absolute atomic E-state index is 0.0158. The van der Waals surface area contributed by atoms with Crippen molar-refractivity contribution in [1.82, 2.24) is 5.32 Å². The number of carbonyl (C=O) groups excluding carboxylic acids is 1. The summed E-state index contributed by atoms with van der Waals surface area (Å²) in [7, 11) is 8.03. The van der Waals surface area contributed by atoms with Crippen LogP contribution in [0, 0.1) is 0 Å². The first-order chi connectivity index (χ1) is 10.5. The van der Waals surface area contributed by atoms with Crippen LogP contribution in [-0.2, 0) is 23.7 Å². The predicted octanol–water partition coefficient (Wildman–Crippen LogP) is -0.105. The molecule has 132 valence electrons. The van der Waals surface area contributed by atoms with Gasteiger partial charge in [-0.05, 0) is 0 Å². The van der Waals surface area contributed by atoms with Crippen LogP contribution >= 0.6 is 0 Å². The van der Waals surface area contributed by atoms with Crippen LogP contribution in [0.25, 0.3) is 0 Å². The first kappa shape index (κ1) is 21.3. The van der Waals surface area contributed by atoms with Gasteiger partial charge < -0.3 is 28.7 Å².